The van der Waals surface area contributed by atoms with Crippen LogP contribution in [0, 0.1) is 0 Å². The molecule has 1 unspecified atom stereocenters. The Balaban J connectivity index is 2.46. The van der Waals surface area contributed by atoms with Crippen molar-refractivity contribution in [3.8, 4) is 0 Å². The normalized spacial score (nSPS) is 26.9. The van der Waals surface area contributed by atoms with Gasteiger partial charge in [-0.3, -0.25) is 4.79 Å². The summed E-state index contributed by atoms with van der Waals surface area (Å²) in [6, 6.07) is -0.393. The van der Waals surface area contributed by atoms with Crippen LogP contribution in [-0.2, 0) is 9.53 Å². The molecule has 1 aliphatic heterocycles. The Morgan fingerprint density at radius 3 is 2.92 bits per heavy atom. The largest absolute Gasteiger partial charge is 0.375 e. The Morgan fingerprint density at radius 2 is 2.42 bits per heavy atom. The van der Waals surface area contributed by atoms with Crippen molar-refractivity contribution in [2.75, 3.05) is 19.7 Å². The van der Waals surface area contributed by atoms with Gasteiger partial charge in [0.2, 0.25) is 5.91 Å². The molecule has 0 radical (unpaired) electrons. The molecule has 0 saturated carbocycles. The second kappa shape index (κ2) is 3.87. The number of hydrogen-bond acceptors (Lipinski definition) is 3. The number of nitrogens with two attached hydrogens (primary N) is 1. The maximum Gasteiger partial charge on any atom is 0.239 e. The maximum atomic E-state index is 11.4. The highest BCUT2D eigenvalue weighted by Gasteiger charge is 2.22. The van der Waals surface area contributed by atoms with Crippen LogP contribution in [0.1, 0.15) is 13.8 Å². The number of hydrogen-bond donors (Lipinski definition) is 1. The first-order chi connectivity index (χ1) is 5.61. The highest BCUT2D eigenvalue weighted by atomic mass is 16.5. The summed E-state index contributed by atoms with van der Waals surface area (Å²) >= 11 is 0. The van der Waals surface area contributed by atoms with Crippen LogP contribution in [0.4, 0.5) is 0 Å². The van der Waals surface area contributed by atoms with E-state index in [9.17, 15) is 4.79 Å². The van der Waals surface area contributed by atoms with Crippen molar-refractivity contribution >= 4 is 5.91 Å². The fourth-order valence-electron chi connectivity index (χ4n) is 1.31. The summed E-state index contributed by atoms with van der Waals surface area (Å²) in [7, 11) is 0. The molecule has 1 rings (SSSR count). The van der Waals surface area contributed by atoms with Crippen LogP contribution in [-0.4, -0.2) is 42.6 Å². The van der Waals surface area contributed by atoms with E-state index in [1.165, 1.54) is 0 Å². The number of rotatable bonds is 1. The number of ether oxygens (including phenoxy) is 1. The number of carbonyl (C=O) groups excluding carboxylic acids is 1. The molecule has 0 aromatic heterocycles. The number of amides is 1. The van der Waals surface area contributed by atoms with Gasteiger partial charge >= 0.3 is 0 Å². The Labute approximate surface area is 72.7 Å². The van der Waals surface area contributed by atoms with Crippen LogP contribution in [0.3, 0.4) is 0 Å². The molecule has 4 nitrogen and oxygen atoms in total. The molecule has 4 heteroatoms. The highest BCUT2D eigenvalue weighted by Crippen LogP contribution is 2.05. The predicted octanol–water partition coefficient (Wildman–Crippen LogP) is -0.419. The number of nitrogens with zero attached hydrogens (tertiary/aromatic N) is 1. The third-order valence-electron chi connectivity index (χ3n) is 1.94. The molecule has 1 saturated heterocycles. The molecule has 12 heavy (non-hydrogen) atoms. The number of carbonyl (C=O) groups is 1. The third-order valence-corrected chi connectivity index (χ3v) is 1.94. The molecule has 2 N–H and O–H groups in total. The quantitative estimate of drug-likeness (QED) is 0.584. The minimum atomic E-state index is -0.393. The van der Waals surface area contributed by atoms with Gasteiger partial charge in [-0.05, 0) is 13.8 Å². The van der Waals surface area contributed by atoms with Crippen molar-refractivity contribution in [2.45, 2.75) is 26.0 Å². The van der Waals surface area contributed by atoms with Gasteiger partial charge in [0.25, 0.3) is 0 Å². The van der Waals surface area contributed by atoms with Gasteiger partial charge in [-0.25, -0.2) is 0 Å². The van der Waals surface area contributed by atoms with Gasteiger partial charge in [0.15, 0.2) is 0 Å². The molecule has 1 aliphatic rings. The van der Waals surface area contributed by atoms with E-state index in [1.807, 2.05) is 6.92 Å². The van der Waals surface area contributed by atoms with E-state index in [0.717, 1.165) is 0 Å². The molecule has 0 aromatic carbocycles. The fraction of sp³-hybridized carbons (Fsp3) is 0.875. The lowest BCUT2D eigenvalue weighted by Gasteiger charge is -2.32. The van der Waals surface area contributed by atoms with Crippen LogP contribution in [0.15, 0.2) is 0 Å². The zero-order chi connectivity index (χ0) is 9.14. The summed E-state index contributed by atoms with van der Waals surface area (Å²) < 4.78 is 5.30. The van der Waals surface area contributed by atoms with Crippen LogP contribution < -0.4 is 5.73 Å². The van der Waals surface area contributed by atoms with Crippen molar-refractivity contribution < 1.29 is 9.53 Å². The molecule has 1 amide bonds. The Kier molecular flexibility index (Phi) is 3.05. The summed E-state index contributed by atoms with van der Waals surface area (Å²) in [6.45, 7) is 5.63. The summed E-state index contributed by atoms with van der Waals surface area (Å²) in [5.41, 5.74) is 5.48. The molecule has 2 atom stereocenters. The highest BCUT2D eigenvalue weighted by molar-refractivity contribution is 5.81. The smallest absolute Gasteiger partial charge is 0.239 e. The first-order valence-corrected chi connectivity index (χ1v) is 4.27. The lowest BCUT2D eigenvalue weighted by atomic mass is 10.2. The van der Waals surface area contributed by atoms with Gasteiger partial charge in [0.1, 0.15) is 0 Å². The first kappa shape index (κ1) is 9.48. The predicted molar refractivity (Wildman–Crippen MR) is 45.6 cm³/mol. The van der Waals surface area contributed by atoms with Crippen LogP contribution in [0.5, 0.6) is 0 Å². The second-order valence-electron chi connectivity index (χ2n) is 3.25. The molecular weight excluding hydrogens is 156 g/mol. The monoisotopic (exact) mass is 172 g/mol. The lowest BCUT2D eigenvalue weighted by molar-refractivity contribution is -0.139. The van der Waals surface area contributed by atoms with Gasteiger partial charge in [-0.1, -0.05) is 0 Å². The van der Waals surface area contributed by atoms with Crippen molar-refractivity contribution in [2.24, 2.45) is 5.73 Å². The second-order valence-corrected chi connectivity index (χ2v) is 3.25. The average Bonchev–Trinajstić information content (AvgIpc) is 2.03. The molecular formula is C8H16N2O2. The van der Waals surface area contributed by atoms with E-state index in [4.69, 9.17) is 10.5 Å². The third kappa shape index (κ3) is 2.19. The van der Waals surface area contributed by atoms with Gasteiger partial charge in [0.05, 0.1) is 18.8 Å². The van der Waals surface area contributed by atoms with Crippen molar-refractivity contribution in [1.82, 2.24) is 4.90 Å². The topological polar surface area (TPSA) is 55.6 Å². The molecule has 70 valence electrons. The molecule has 0 aromatic rings. The van der Waals surface area contributed by atoms with Gasteiger partial charge in [-0.2, -0.15) is 0 Å². The molecule has 1 heterocycles. The van der Waals surface area contributed by atoms with Crippen LogP contribution >= 0.6 is 0 Å². The summed E-state index contributed by atoms with van der Waals surface area (Å²) in [4.78, 5) is 13.2. The van der Waals surface area contributed by atoms with Gasteiger partial charge < -0.3 is 15.4 Å². The van der Waals surface area contributed by atoms with Gasteiger partial charge in [-0.15, -0.1) is 0 Å². The maximum absolute atomic E-state index is 11.4. The van der Waals surface area contributed by atoms with E-state index >= 15 is 0 Å². The van der Waals surface area contributed by atoms with E-state index in [0.29, 0.717) is 19.7 Å². The van der Waals surface area contributed by atoms with E-state index in [2.05, 4.69) is 0 Å². The standard InChI is InChI=1S/C8H16N2O2/c1-6-5-10(3-4-12-6)8(11)7(2)9/h6-7H,3-5,9H2,1-2H3/t6?,7-/m1/s1. The van der Waals surface area contributed by atoms with E-state index in [-0.39, 0.29) is 12.0 Å². The SMILES string of the molecule is CC1CN(C(=O)[C@@H](C)N)CCO1. The van der Waals surface area contributed by atoms with Crippen LogP contribution in [0.2, 0.25) is 0 Å². The van der Waals surface area contributed by atoms with Crippen molar-refractivity contribution in [3.05, 3.63) is 0 Å². The molecule has 1 fully saturated rings. The lowest BCUT2D eigenvalue weighted by Crippen LogP contribution is -2.49. The molecule has 0 bridgehead atoms. The first-order valence-electron chi connectivity index (χ1n) is 4.27. The van der Waals surface area contributed by atoms with Crippen molar-refractivity contribution in [3.63, 3.8) is 0 Å². The Bertz CT molecular complexity index is 170. The minimum Gasteiger partial charge on any atom is -0.375 e. The summed E-state index contributed by atoms with van der Waals surface area (Å²) in [5.74, 6) is 0.0187. The van der Waals surface area contributed by atoms with Crippen molar-refractivity contribution in [1.29, 1.82) is 0 Å². The molecule has 0 aliphatic carbocycles. The Hall–Kier alpha value is -0.610. The average molecular weight is 172 g/mol. The summed E-state index contributed by atoms with van der Waals surface area (Å²) in [6.07, 6.45) is 0.140. The molecule has 0 spiro atoms. The summed E-state index contributed by atoms with van der Waals surface area (Å²) in [5, 5.41) is 0. The van der Waals surface area contributed by atoms with E-state index < -0.39 is 6.04 Å². The Morgan fingerprint density at radius 1 is 1.75 bits per heavy atom. The van der Waals surface area contributed by atoms with Crippen LogP contribution in [0.25, 0.3) is 0 Å². The zero-order valence-electron chi connectivity index (χ0n) is 7.62. The minimum absolute atomic E-state index is 0.0187. The number of morpholine rings is 1. The zero-order valence-corrected chi connectivity index (χ0v) is 7.62. The van der Waals surface area contributed by atoms with E-state index in [1.54, 1.807) is 11.8 Å². The fourth-order valence-corrected chi connectivity index (χ4v) is 1.31. The van der Waals surface area contributed by atoms with Gasteiger partial charge in [0, 0.05) is 13.1 Å².